The van der Waals surface area contributed by atoms with Crippen LogP contribution in [0.3, 0.4) is 0 Å². The van der Waals surface area contributed by atoms with Gasteiger partial charge >= 0.3 is 6.18 Å². The molecule has 9 heteroatoms. The summed E-state index contributed by atoms with van der Waals surface area (Å²) >= 11 is 0. The Morgan fingerprint density at radius 2 is 1.83 bits per heavy atom. The normalized spacial score (nSPS) is 16.1. The van der Waals surface area contributed by atoms with Crippen molar-refractivity contribution in [3.05, 3.63) is 29.8 Å². The van der Waals surface area contributed by atoms with Crippen molar-refractivity contribution in [3.63, 3.8) is 0 Å². The molecule has 134 valence electrons. The summed E-state index contributed by atoms with van der Waals surface area (Å²) in [4.78, 5) is 13.6. The highest BCUT2D eigenvalue weighted by Crippen LogP contribution is 2.20. The molecule has 2 rings (SSSR count). The Bertz CT molecular complexity index is 680. The molecular weight excluding hydrogens is 347 g/mol. The van der Waals surface area contributed by atoms with Gasteiger partial charge in [0.05, 0.1) is 11.0 Å². The van der Waals surface area contributed by atoms with Crippen molar-refractivity contribution in [3.8, 4) is 0 Å². The van der Waals surface area contributed by atoms with E-state index >= 15 is 0 Å². The molecule has 0 N–H and O–H groups in total. The Labute approximate surface area is 138 Å². The van der Waals surface area contributed by atoms with Gasteiger partial charge in [0.15, 0.2) is 9.84 Å². The minimum absolute atomic E-state index is 0.158. The molecule has 0 atom stereocenters. The molecule has 24 heavy (non-hydrogen) atoms. The fraction of sp³-hybridized carbons (Fsp3) is 0.533. The highest BCUT2D eigenvalue weighted by atomic mass is 32.2. The molecule has 1 saturated heterocycles. The summed E-state index contributed by atoms with van der Waals surface area (Å²) in [6.45, 7) is -0.962. The Kier molecular flexibility index (Phi) is 5.54. The predicted molar refractivity (Wildman–Crippen MR) is 80.2 cm³/mol. The van der Waals surface area contributed by atoms with Crippen LogP contribution in [0.25, 0.3) is 0 Å². The van der Waals surface area contributed by atoms with E-state index in [0.717, 1.165) is 11.8 Å². The van der Waals surface area contributed by atoms with Crippen LogP contribution in [0.5, 0.6) is 0 Å². The highest BCUT2D eigenvalue weighted by Gasteiger charge is 2.35. The first-order valence-corrected chi connectivity index (χ1v) is 9.19. The monoisotopic (exact) mass is 365 g/mol. The van der Waals surface area contributed by atoms with Gasteiger partial charge in [-0.15, -0.1) is 0 Å². The van der Waals surface area contributed by atoms with Gasteiger partial charge in [0, 0.05) is 25.8 Å². The summed E-state index contributed by atoms with van der Waals surface area (Å²) in [5.41, 5.74) is 0.821. The second-order valence-corrected chi connectivity index (χ2v) is 7.78. The van der Waals surface area contributed by atoms with Gasteiger partial charge in [-0.05, 0) is 24.1 Å². The molecule has 1 fully saturated rings. The first kappa shape index (κ1) is 18.7. The number of carbonyl (C=O) groups excluding carboxylic acids is 1. The van der Waals surface area contributed by atoms with Gasteiger partial charge < -0.3 is 9.64 Å². The maximum atomic E-state index is 12.0. The summed E-state index contributed by atoms with van der Waals surface area (Å²) in [7, 11) is -3.25. The molecule has 1 aromatic rings. The van der Waals surface area contributed by atoms with Gasteiger partial charge in [0.25, 0.3) is 0 Å². The molecule has 1 aliphatic rings. The number of nitrogens with zero attached hydrogens (tertiary/aromatic N) is 1. The van der Waals surface area contributed by atoms with Crippen LogP contribution in [0.4, 0.5) is 13.2 Å². The van der Waals surface area contributed by atoms with Gasteiger partial charge in [-0.25, -0.2) is 8.42 Å². The molecule has 0 saturated carbocycles. The largest absolute Gasteiger partial charge is 0.411 e. The lowest BCUT2D eigenvalue weighted by molar-refractivity contribution is -0.200. The molecule has 0 radical (unpaired) electrons. The first-order valence-electron chi connectivity index (χ1n) is 7.30. The molecule has 0 aliphatic carbocycles. The van der Waals surface area contributed by atoms with Crippen LogP contribution in [0.2, 0.25) is 0 Å². The molecule has 5 nitrogen and oxygen atoms in total. The molecular formula is C15H18F3NO4S. The van der Waals surface area contributed by atoms with Crippen LogP contribution < -0.4 is 0 Å². The second-order valence-electron chi connectivity index (χ2n) is 5.76. The number of hydrogen-bond acceptors (Lipinski definition) is 4. The minimum atomic E-state index is -4.36. The maximum Gasteiger partial charge on any atom is 0.411 e. The number of likely N-dealkylation sites (tertiary alicyclic amines) is 1. The van der Waals surface area contributed by atoms with Crippen LogP contribution in [-0.4, -0.2) is 57.5 Å². The quantitative estimate of drug-likeness (QED) is 0.771. The van der Waals surface area contributed by atoms with Gasteiger partial charge in [-0.1, -0.05) is 12.1 Å². The molecule has 1 aliphatic heterocycles. The first-order chi connectivity index (χ1) is 11.0. The van der Waals surface area contributed by atoms with Crippen LogP contribution >= 0.6 is 0 Å². The molecule has 0 aromatic heterocycles. The average Bonchev–Trinajstić information content (AvgIpc) is 2.41. The molecule has 0 bridgehead atoms. The Balaban J connectivity index is 1.73. The number of aryl methyl sites for hydroxylation is 1. The van der Waals surface area contributed by atoms with Crippen LogP contribution in [0, 0.1) is 0 Å². The number of sulfone groups is 1. The average molecular weight is 365 g/mol. The Hall–Kier alpha value is -1.61. The van der Waals surface area contributed by atoms with Gasteiger partial charge in [-0.2, -0.15) is 13.2 Å². The summed E-state index contributed by atoms with van der Waals surface area (Å²) in [6.07, 6.45) is -3.16. The lowest BCUT2D eigenvalue weighted by atomic mass is 10.1. The number of ether oxygens (including phenoxy) is 1. The topological polar surface area (TPSA) is 63.7 Å². The van der Waals surface area contributed by atoms with Gasteiger partial charge in [0.1, 0.15) is 6.61 Å². The Morgan fingerprint density at radius 3 is 2.33 bits per heavy atom. The third kappa shape index (κ3) is 5.48. The lowest BCUT2D eigenvalue weighted by Crippen LogP contribution is -2.55. The SMILES string of the molecule is CS(=O)(=O)c1ccc(CCC(=O)N2CC(OCC(F)(F)F)C2)cc1. The number of benzene rings is 1. The van der Waals surface area contributed by atoms with E-state index in [1.54, 1.807) is 12.1 Å². The van der Waals surface area contributed by atoms with Gasteiger partial charge in [-0.3, -0.25) is 4.79 Å². The fourth-order valence-electron chi connectivity index (χ4n) is 2.27. The smallest absolute Gasteiger partial charge is 0.365 e. The molecule has 0 spiro atoms. The molecule has 1 heterocycles. The summed E-state index contributed by atoms with van der Waals surface area (Å²) in [5, 5.41) is 0. The minimum Gasteiger partial charge on any atom is -0.365 e. The van der Waals surface area contributed by atoms with E-state index in [-0.39, 0.29) is 30.3 Å². The van der Waals surface area contributed by atoms with E-state index in [0.29, 0.717) is 6.42 Å². The van der Waals surface area contributed by atoms with Crippen molar-refractivity contribution in [2.24, 2.45) is 0 Å². The zero-order valence-corrected chi connectivity index (χ0v) is 13.9. The Morgan fingerprint density at radius 1 is 1.25 bits per heavy atom. The van der Waals surface area contributed by atoms with Gasteiger partial charge in [0.2, 0.25) is 5.91 Å². The third-order valence-corrected chi connectivity index (χ3v) is 4.79. The lowest BCUT2D eigenvalue weighted by Gasteiger charge is -2.39. The zero-order valence-electron chi connectivity index (χ0n) is 13.0. The summed E-state index contributed by atoms with van der Waals surface area (Å²) < 4.78 is 63.4. The predicted octanol–water partition coefficient (Wildman–Crippen LogP) is 1.81. The van der Waals surface area contributed by atoms with Crippen LogP contribution in [-0.2, 0) is 25.8 Å². The maximum absolute atomic E-state index is 12.0. The van der Waals surface area contributed by atoms with Crippen molar-refractivity contribution >= 4 is 15.7 Å². The molecule has 1 aromatic carbocycles. The van der Waals surface area contributed by atoms with Crippen molar-refractivity contribution < 1.29 is 31.1 Å². The van der Waals surface area contributed by atoms with Crippen LogP contribution in [0.1, 0.15) is 12.0 Å². The zero-order chi connectivity index (χ0) is 18.0. The molecule has 0 unspecified atom stereocenters. The number of carbonyl (C=O) groups is 1. The molecule has 1 amide bonds. The number of alkyl halides is 3. The van der Waals surface area contributed by atoms with Crippen molar-refractivity contribution in [2.75, 3.05) is 26.0 Å². The van der Waals surface area contributed by atoms with E-state index in [1.807, 2.05) is 0 Å². The number of halogens is 3. The summed E-state index contributed by atoms with van der Waals surface area (Å²) in [6, 6.07) is 6.27. The highest BCUT2D eigenvalue weighted by molar-refractivity contribution is 7.90. The van der Waals surface area contributed by atoms with Crippen molar-refractivity contribution in [2.45, 2.75) is 30.0 Å². The fourth-order valence-corrected chi connectivity index (χ4v) is 2.90. The van der Waals surface area contributed by atoms with E-state index in [9.17, 15) is 26.4 Å². The van der Waals surface area contributed by atoms with Crippen molar-refractivity contribution in [1.29, 1.82) is 0 Å². The number of hydrogen-bond donors (Lipinski definition) is 0. The summed E-state index contributed by atoms with van der Waals surface area (Å²) in [5.74, 6) is -0.158. The third-order valence-electron chi connectivity index (χ3n) is 3.66. The number of rotatable bonds is 6. The van der Waals surface area contributed by atoms with E-state index in [4.69, 9.17) is 0 Å². The van der Waals surface area contributed by atoms with Crippen LogP contribution in [0.15, 0.2) is 29.2 Å². The second kappa shape index (κ2) is 7.10. The van der Waals surface area contributed by atoms with E-state index in [2.05, 4.69) is 4.74 Å². The van der Waals surface area contributed by atoms with E-state index < -0.39 is 28.7 Å². The standard InChI is InChI=1S/C15H18F3NO4S/c1-24(21,22)13-5-2-11(3-6-13)4-7-14(20)19-8-12(9-19)23-10-15(16,17)18/h2-3,5-6,12H,4,7-10H2,1H3. The van der Waals surface area contributed by atoms with Crippen molar-refractivity contribution in [1.82, 2.24) is 4.90 Å². The number of amides is 1. The van der Waals surface area contributed by atoms with E-state index in [1.165, 1.54) is 17.0 Å².